The second kappa shape index (κ2) is 7.62. The van der Waals surface area contributed by atoms with Crippen molar-refractivity contribution in [3.05, 3.63) is 64.9 Å². The van der Waals surface area contributed by atoms with Crippen LogP contribution in [0.3, 0.4) is 0 Å². The zero-order chi connectivity index (χ0) is 18.8. The molecule has 1 unspecified atom stereocenters. The smallest absolute Gasteiger partial charge is 0.256 e. The zero-order valence-electron chi connectivity index (χ0n) is 14.8. The second-order valence-electron chi connectivity index (χ2n) is 6.73. The van der Waals surface area contributed by atoms with E-state index >= 15 is 0 Å². The molecule has 140 valence electrons. The number of likely N-dealkylation sites (tertiary alicyclic amines) is 1. The molecule has 1 atom stereocenters. The molecule has 1 aliphatic heterocycles. The summed E-state index contributed by atoms with van der Waals surface area (Å²) in [4.78, 5) is 14.8. The fourth-order valence-electron chi connectivity index (χ4n) is 3.69. The van der Waals surface area contributed by atoms with Crippen molar-refractivity contribution in [2.45, 2.75) is 25.4 Å². The first-order chi connectivity index (χ1) is 13.2. The summed E-state index contributed by atoms with van der Waals surface area (Å²) in [7, 11) is 0. The van der Waals surface area contributed by atoms with Crippen LogP contribution < -0.4 is 5.32 Å². The van der Waals surface area contributed by atoms with Gasteiger partial charge in [-0.3, -0.25) is 4.79 Å². The third kappa shape index (κ3) is 3.40. The van der Waals surface area contributed by atoms with Crippen LogP contribution in [0.15, 0.2) is 52.9 Å². The molecular weight excluding hydrogens is 364 g/mol. The van der Waals surface area contributed by atoms with Gasteiger partial charge in [0.05, 0.1) is 18.2 Å². The first-order valence-electron chi connectivity index (χ1n) is 9.09. The van der Waals surface area contributed by atoms with E-state index in [1.807, 2.05) is 48.5 Å². The number of aliphatic hydroxyl groups excluding tert-OH is 1. The van der Waals surface area contributed by atoms with E-state index in [1.165, 1.54) is 0 Å². The predicted molar refractivity (Wildman–Crippen MR) is 106 cm³/mol. The quantitative estimate of drug-likeness (QED) is 0.688. The maximum atomic E-state index is 13.0. The number of hydrogen-bond acceptors (Lipinski definition) is 4. The van der Waals surface area contributed by atoms with Crippen molar-refractivity contribution in [2.24, 2.45) is 0 Å². The van der Waals surface area contributed by atoms with Gasteiger partial charge >= 0.3 is 0 Å². The molecule has 1 aliphatic rings. The van der Waals surface area contributed by atoms with Gasteiger partial charge in [0.2, 0.25) is 0 Å². The largest absolute Gasteiger partial charge is 0.444 e. The van der Waals surface area contributed by atoms with E-state index < -0.39 is 0 Å². The van der Waals surface area contributed by atoms with Crippen LogP contribution in [0.5, 0.6) is 0 Å². The van der Waals surface area contributed by atoms with Crippen LogP contribution in [0.4, 0.5) is 5.69 Å². The fourth-order valence-corrected chi connectivity index (χ4v) is 3.94. The third-order valence-corrected chi connectivity index (χ3v) is 5.42. The SMILES string of the molecule is O=C(c1ccccc1NCc1c(Cl)oc2ccccc12)N1CCCC1CO. The lowest BCUT2D eigenvalue weighted by Gasteiger charge is -2.24. The van der Waals surface area contributed by atoms with Gasteiger partial charge in [-0.05, 0) is 42.6 Å². The molecular formula is C21H21ClN2O3. The molecule has 3 aromatic rings. The van der Waals surface area contributed by atoms with Gasteiger partial charge in [0.1, 0.15) is 5.58 Å². The Morgan fingerprint density at radius 1 is 1.22 bits per heavy atom. The van der Waals surface area contributed by atoms with Crippen LogP contribution >= 0.6 is 11.6 Å². The molecule has 27 heavy (non-hydrogen) atoms. The molecule has 5 nitrogen and oxygen atoms in total. The molecule has 0 saturated carbocycles. The minimum atomic E-state index is -0.0992. The maximum absolute atomic E-state index is 13.0. The molecule has 0 radical (unpaired) electrons. The summed E-state index contributed by atoms with van der Waals surface area (Å²) in [5, 5.41) is 14.2. The zero-order valence-corrected chi connectivity index (χ0v) is 15.6. The van der Waals surface area contributed by atoms with Crippen molar-refractivity contribution in [3.8, 4) is 0 Å². The number of para-hydroxylation sites is 2. The Morgan fingerprint density at radius 3 is 2.85 bits per heavy atom. The van der Waals surface area contributed by atoms with Crippen molar-refractivity contribution < 1.29 is 14.3 Å². The number of furan rings is 1. The van der Waals surface area contributed by atoms with Crippen molar-refractivity contribution >= 4 is 34.2 Å². The van der Waals surface area contributed by atoms with Crippen molar-refractivity contribution in [2.75, 3.05) is 18.5 Å². The summed E-state index contributed by atoms with van der Waals surface area (Å²) in [5.41, 5.74) is 2.95. The Kier molecular flexibility index (Phi) is 5.05. The fraction of sp³-hybridized carbons (Fsp3) is 0.286. The Hall–Kier alpha value is -2.50. The summed E-state index contributed by atoms with van der Waals surface area (Å²) in [6.07, 6.45) is 1.76. The Morgan fingerprint density at radius 2 is 2.00 bits per heavy atom. The van der Waals surface area contributed by atoms with E-state index in [0.29, 0.717) is 23.9 Å². The third-order valence-electron chi connectivity index (χ3n) is 5.11. The first-order valence-corrected chi connectivity index (χ1v) is 9.47. The van der Waals surface area contributed by atoms with Gasteiger partial charge in [0.25, 0.3) is 5.91 Å². The van der Waals surface area contributed by atoms with Crippen molar-refractivity contribution in [1.29, 1.82) is 0 Å². The predicted octanol–water partition coefficient (Wildman–Crippen LogP) is 4.30. The summed E-state index contributed by atoms with van der Waals surface area (Å²) in [6, 6.07) is 15.0. The van der Waals surface area contributed by atoms with Crippen molar-refractivity contribution in [1.82, 2.24) is 4.90 Å². The number of aliphatic hydroxyl groups is 1. The summed E-state index contributed by atoms with van der Waals surface area (Å²) in [6.45, 7) is 1.12. The second-order valence-corrected chi connectivity index (χ2v) is 7.07. The average molecular weight is 385 g/mol. The van der Waals surface area contributed by atoms with Gasteiger partial charge in [0.15, 0.2) is 5.22 Å². The Bertz CT molecular complexity index is 969. The van der Waals surface area contributed by atoms with Gasteiger partial charge < -0.3 is 19.7 Å². The van der Waals surface area contributed by atoms with Crippen LogP contribution in [0.2, 0.25) is 5.22 Å². The van der Waals surface area contributed by atoms with Gasteiger partial charge in [0, 0.05) is 29.7 Å². The normalized spacial score (nSPS) is 16.8. The molecule has 4 rings (SSSR count). The number of benzene rings is 2. The van der Waals surface area contributed by atoms with Crippen LogP contribution in [-0.2, 0) is 6.54 Å². The monoisotopic (exact) mass is 384 g/mol. The highest BCUT2D eigenvalue weighted by Crippen LogP contribution is 2.31. The number of hydrogen-bond donors (Lipinski definition) is 2. The van der Waals surface area contributed by atoms with E-state index in [4.69, 9.17) is 16.0 Å². The number of amides is 1. The van der Waals surface area contributed by atoms with E-state index in [2.05, 4.69) is 5.32 Å². The minimum Gasteiger partial charge on any atom is -0.444 e. The molecule has 2 N–H and O–H groups in total. The lowest BCUT2D eigenvalue weighted by molar-refractivity contribution is 0.0678. The number of carbonyl (C=O) groups excluding carboxylic acids is 1. The van der Waals surface area contributed by atoms with Crippen molar-refractivity contribution in [3.63, 3.8) is 0 Å². The topological polar surface area (TPSA) is 65.7 Å². The van der Waals surface area contributed by atoms with Crippen LogP contribution in [0, 0.1) is 0 Å². The van der Waals surface area contributed by atoms with E-state index in [0.717, 1.165) is 35.1 Å². The Labute approximate surface area is 162 Å². The number of fused-ring (bicyclic) bond motifs is 1. The maximum Gasteiger partial charge on any atom is 0.256 e. The lowest BCUT2D eigenvalue weighted by Crippen LogP contribution is -2.37. The van der Waals surface area contributed by atoms with Gasteiger partial charge in [-0.2, -0.15) is 0 Å². The number of nitrogens with zero attached hydrogens (tertiary/aromatic N) is 1. The van der Waals surface area contributed by atoms with E-state index in [1.54, 1.807) is 4.90 Å². The highest BCUT2D eigenvalue weighted by atomic mass is 35.5. The van der Waals surface area contributed by atoms with Crippen LogP contribution in [-0.4, -0.2) is 35.1 Å². The minimum absolute atomic E-state index is 0.00203. The van der Waals surface area contributed by atoms with Gasteiger partial charge in [-0.15, -0.1) is 0 Å². The molecule has 2 heterocycles. The van der Waals surface area contributed by atoms with Crippen LogP contribution in [0.1, 0.15) is 28.8 Å². The highest BCUT2D eigenvalue weighted by Gasteiger charge is 2.29. The molecule has 0 spiro atoms. The number of nitrogens with one attached hydrogen (secondary N) is 1. The molecule has 1 amide bonds. The number of anilines is 1. The highest BCUT2D eigenvalue weighted by molar-refractivity contribution is 6.30. The van der Waals surface area contributed by atoms with Crippen LogP contribution in [0.25, 0.3) is 11.0 Å². The summed E-state index contributed by atoms with van der Waals surface area (Å²) < 4.78 is 5.60. The Balaban J connectivity index is 1.58. The standard InChI is InChI=1S/C21H21ClN2O3/c22-20-17(15-7-2-4-10-19(15)27-20)12-23-18-9-3-1-8-16(18)21(26)24-11-5-6-14(24)13-25/h1-4,7-10,14,23,25H,5-6,11-13H2. The van der Waals surface area contributed by atoms with Gasteiger partial charge in [-0.25, -0.2) is 0 Å². The number of rotatable bonds is 5. The number of carbonyl (C=O) groups is 1. The molecule has 1 aromatic heterocycles. The van der Waals surface area contributed by atoms with Gasteiger partial charge in [-0.1, -0.05) is 30.3 Å². The molecule has 1 saturated heterocycles. The molecule has 2 aromatic carbocycles. The molecule has 0 aliphatic carbocycles. The summed E-state index contributed by atoms with van der Waals surface area (Å²) in [5.74, 6) is -0.0576. The molecule has 6 heteroatoms. The first kappa shape index (κ1) is 17.9. The number of halogens is 1. The van der Waals surface area contributed by atoms with E-state index in [9.17, 15) is 9.90 Å². The average Bonchev–Trinajstić information content (AvgIpc) is 3.29. The lowest BCUT2D eigenvalue weighted by atomic mass is 10.1. The van der Waals surface area contributed by atoms with E-state index in [-0.39, 0.29) is 18.6 Å². The molecule has 0 bridgehead atoms. The summed E-state index contributed by atoms with van der Waals surface area (Å²) >= 11 is 6.27. The molecule has 1 fully saturated rings.